The number of hydrogen-bond donors (Lipinski definition) is 0. The van der Waals surface area contributed by atoms with E-state index in [1.807, 2.05) is 66.9 Å². The van der Waals surface area contributed by atoms with Crippen molar-refractivity contribution in [3.05, 3.63) is 103 Å². The quantitative estimate of drug-likeness (QED) is 0.389. The molecule has 0 saturated heterocycles. The summed E-state index contributed by atoms with van der Waals surface area (Å²) in [6, 6.07) is 27.4. The molecule has 4 aromatic rings. The number of halogens is 2. The molecular formula is C24H16Br2N4. The van der Waals surface area contributed by atoms with Crippen LogP contribution in [0, 0.1) is 22.7 Å². The van der Waals surface area contributed by atoms with Crippen LogP contribution in [0.2, 0.25) is 0 Å². The first-order valence-corrected chi connectivity index (χ1v) is 8.76. The van der Waals surface area contributed by atoms with Gasteiger partial charge < -0.3 is 17.0 Å². The van der Waals surface area contributed by atoms with Gasteiger partial charge in [0.15, 0.2) is 6.20 Å². The fourth-order valence-corrected chi connectivity index (χ4v) is 3.08. The Hall–Kier alpha value is -3.32. The predicted octanol–water partition coefficient (Wildman–Crippen LogP) is 2.02. The van der Waals surface area contributed by atoms with Crippen molar-refractivity contribution < 1.29 is 21.5 Å². The molecule has 4 nitrogen and oxygen atoms in total. The number of nitrogens with zero attached hydrogens (tertiary/aromatic N) is 4. The molecule has 6 heteroatoms. The van der Waals surface area contributed by atoms with E-state index in [0.717, 1.165) is 28.1 Å². The Morgan fingerprint density at radius 3 is 1.80 bits per heavy atom. The zero-order valence-corrected chi connectivity index (χ0v) is 19.0. The third-order valence-electron chi connectivity index (χ3n) is 4.55. The molecule has 0 aliphatic rings. The van der Waals surface area contributed by atoms with Crippen molar-refractivity contribution in [3.63, 3.8) is 0 Å². The number of pyridine rings is 2. The molecule has 146 valence electrons. The van der Waals surface area contributed by atoms with E-state index < -0.39 is 0 Å². The minimum atomic E-state index is 0. The third-order valence-corrected chi connectivity index (χ3v) is 4.55. The molecule has 0 amide bonds. The lowest BCUT2D eigenvalue weighted by molar-refractivity contribution is -0.583. The number of benzene rings is 2. The van der Waals surface area contributed by atoms with Crippen LogP contribution in [0.3, 0.4) is 0 Å². The van der Waals surface area contributed by atoms with E-state index in [1.165, 1.54) is 0 Å². The number of hydrogen-bond acceptors (Lipinski definition) is 3. The van der Waals surface area contributed by atoms with Crippen molar-refractivity contribution in [2.45, 2.75) is 0 Å². The van der Waals surface area contributed by atoms with Gasteiger partial charge in [0.2, 0.25) is 11.4 Å². The average Bonchev–Trinajstić information content (AvgIpc) is 2.79. The van der Waals surface area contributed by atoms with Crippen LogP contribution in [0.5, 0.6) is 0 Å². The third kappa shape index (κ3) is 4.80. The minimum Gasteiger partial charge on any atom is -1.00 e. The van der Waals surface area contributed by atoms with Gasteiger partial charge in [-0.1, -0.05) is 0 Å². The maximum atomic E-state index is 9.09. The SMILES string of the molecule is Br.N#Cc1ccc(-c2cc(-c3ccncc3)cc[n+]2-c2ccc(C#N)cc2)cc1.[Br-]. The summed E-state index contributed by atoms with van der Waals surface area (Å²) in [6.07, 6.45) is 5.57. The first kappa shape index (κ1) is 23.0. The van der Waals surface area contributed by atoms with E-state index in [0.29, 0.717) is 11.1 Å². The van der Waals surface area contributed by atoms with Gasteiger partial charge in [0, 0.05) is 42.2 Å². The Labute approximate surface area is 196 Å². The lowest BCUT2D eigenvalue weighted by Crippen LogP contribution is -3.00. The first-order valence-electron chi connectivity index (χ1n) is 8.76. The zero-order valence-electron chi connectivity index (χ0n) is 15.7. The highest BCUT2D eigenvalue weighted by molar-refractivity contribution is 8.93. The fourth-order valence-electron chi connectivity index (χ4n) is 3.08. The van der Waals surface area contributed by atoms with Crippen LogP contribution < -0.4 is 21.5 Å². The summed E-state index contributed by atoms with van der Waals surface area (Å²) in [7, 11) is 0. The van der Waals surface area contributed by atoms with Crippen molar-refractivity contribution in [1.29, 1.82) is 10.5 Å². The number of rotatable bonds is 3. The largest absolute Gasteiger partial charge is 1.00 e. The molecule has 4 rings (SSSR count). The van der Waals surface area contributed by atoms with E-state index in [9.17, 15) is 0 Å². The molecule has 0 spiro atoms. The number of nitriles is 2. The molecule has 0 saturated carbocycles. The van der Waals surface area contributed by atoms with Gasteiger partial charge in [0.05, 0.1) is 23.3 Å². The Morgan fingerprint density at radius 1 is 0.667 bits per heavy atom. The summed E-state index contributed by atoms with van der Waals surface area (Å²) in [6.45, 7) is 0. The van der Waals surface area contributed by atoms with Gasteiger partial charge in [0.1, 0.15) is 0 Å². The molecule has 0 aliphatic carbocycles. The van der Waals surface area contributed by atoms with Crippen molar-refractivity contribution in [1.82, 2.24) is 4.98 Å². The molecule has 2 aromatic carbocycles. The van der Waals surface area contributed by atoms with Crippen LogP contribution in [0.25, 0.3) is 28.1 Å². The van der Waals surface area contributed by atoms with Gasteiger partial charge in [-0.15, -0.1) is 17.0 Å². The molecule has 2 aromatic heterocycles. The standard InChI is InChI=1S/C24H15N4.2BrH/c25-16-18-1-5-21(6-2-18)24-15-22(20-9-12-27-13-10-20)11-14-28(24)23-7-3-19(17-26)4-8-23;;/h1-15H;2*1H/q+1;;/p-1. The van der Waals surface area contributed by atoms with Crippen molar-refractivity contribution in [2.75, 3.05) is 0 Å². The Kier molecular flexibility index (Phi) is 8.00. The molecule has 0 unspecified atom stereocenters. The van der Waals surface area contributed by atoms with Gasteiger partial charge in [-0.25, -0.2) is 0 Å². The Bertz CT molecular complexity index is 1210. The average molecular weight is 520 g/mol. The van der Waals surface area contributed by atoms with Crippen molar-refractivity contribution >= 4 is 17.0 Å². The highest BCUT2D eigenvalue weighted by atomic mass is 79.9. The van der Waals surface area contributed by atoms with Crippen molar-refractivity contribution in [2.24, 2.45) is 0 Å². The lowest BCUT2D eigenvalue weighted by atomic mass is 10.0. The first-order chi connectivity index (χ1) is 13.8. The number of aromatic nitrogens is 2. The summed E-state index contributed by atoms with van der Waals surface area (Å²) in [5.41, 5.74) is 6.35. The summed E-state index contributed by atoms with van der Waals surface area (Å²) < 4.78 is 2.08. The molecule has 0 aliphatic heterocycles. The van der Waals surface area contributed by atoms with Gasteiger partial charge >= 0.3 is 0 Å². The fraction of sp³-hybridized carbons (Fsp3) is 0. The van der Waals surface area contributed by atoms with Crippen LogP contribution in [0.1, 0.15) is 11.1 Å². The second-order valence-electron chi connectivity index (χ2n) is 6.25. The molecule has 0 fully saturated rings. The van der Waals surface area contributed by atoms with Crippen LogP contribution in [-0.2, 0) is 0 Å². The van der Waals surface area contributed by atoms with Gasteiger partial charge in [-0.05, 0) is 59.7 Å². The monoisotopic (exact) mass is 518 g/mol. The zero-order chi connectivity index (χ0) is 19.3. The summed E-state index contributed by atoms with van der Waals surface area (Å²) in [5.74, 6) is 0. The van der Waals surface area contributed by atoms with Crippen LogP contribution in [0.4, 0.5) is 0 Å². The van der Waals surface area contributed by atoms with E-state index in [-0.39, 0.29) is 34.0 Å². The highest BCUT2D eigenvalue weighted by Crippen LogP contribution is 2.24. The molecule has 0 bridgehead atoms. The van der Waals surface area contributed by atoms with E-state index in [4.69, 9.17) is 10.5 Å². The Balaban J connectivity index is 0.00000160. The van der Waals surface area contributed by atoms with E-state index in [1.54, 1.807) is 12.4 Å². The second-order valence-corrected chi connectivity index (χ2v) is 6.25. The molecule has 0 atom stereocenters. The molecule has 2 heterocycles. The second kappa shape index (κ2) is 10.5. The molecule has 0 radical (unpaired) electrons. The van der Waals surface area contributed by atoms with Gasteiger partial charge in [-0.2, -0.15) is 15.1 Å². The van der Waals surface area contributed by atoms with Crippen LogP contribution in [-0.4, -0.2) is 4.98 Å². The minimum absolute atomic E-state index is 0. The van der Waals surface area contributed by atoms with Crippen molar-refractivity contribution in [3.8, 4) is 40.2 Å². The van der Waals surface area contributed by atoms with Gasteiger partial charge in [0.25, 0.3) is 0 Å². The maximum absolute atomic E-state index is 9.09. The van der Waals surface area contributed by atoms with E-state index in [2.05, 4.69) is 33.8 Å². The smallest absolute Gasteiger partial charge is 0.219 e. The van der Waals surface area contributed by atoms with E-state index >= 15 is 0 Å². The highest BCUT2D eigenvalue weighted by Gasteiger charge is 2.17. The van der Waals surface area contributed by atoms with Crippen LogP contribution >= 0.6 is 17.0 Å². The molecular weight excluding hydrogens is 504 g/mol. The topological polar surface area (TPSA) is 64.3 Å². The summed E-state index contributed by atoms with van der Waals surface area (Å²) >= 11 is 0. The summed E-state index contributed by atoms with van der Waals surface area (Å²) in [4.78, 5) is 4.09. The molecule has 30 heavy (non-hydrogen) atoms. The molecule has 0 N–H and O–H groups in total. The lowest BCUT2D eigenvalue weighted by Gasteiger charge is -2.07. The van der Waals surface area contributed by atoms with Gasteiger partial charge in [-0.3, -0.25) is 4.98 Å². The summed E-state index contributed by atoms with van der Waals surface area (Å²) in [5, 5.41) is 18.1. The maximum Gasteiger partial charge on any atom is 0.219 e. The normalized spacial score (nSPS) is 9.40. The van der Waals surface area contributed by atoms with Crippen LogP contribution in [0.15, 0.2) is 91.4 Å². The predicted molar refractivity (Wildman–Crippen MR) is 116 cm³/mol. The Morgan fingerprint density at radius 2 is 1.23 bits per heavy atom.